The van der Waals surface area contributed by atoms with Crippen LogP contribution in [0.1, 0.15) is 35.5 Å². The number of aromatic nitrogens is 1. The largest absolute Gasteiger partial charge is 0.357 e. The van der Waals surface area contributed by atoms with Crippen molar-refractivity contribution in [3.05, 3.63) is 45.9 Å². The molecule has 0 spiro atoms. The molecule has 0 aliphatic carbocycles. The summed E-state index contributed by atoms with van der Waals surface area (Å²) < 4.78 is 0. The van der Waals surface area contributed by atoms with Crippen molar-refractivity contribution < 1.29 is 4.79 Å². The molecule has 3 N–H and O–H groups in total. The summed E-state index contributed by atoms with van der Waals surface area (Å²) in [5.74, 6) is 0.945. The lowest BCUT2D eigenvalue weighted by Gasteiger charge is -2.24. The fourth-order valence-electron chi connectivity index (χ4n) is 3.04. The number of fused-ring (bicyclic) bond motifs is 1. The molecule has 0 radical (unpaired) electrons. The number of para-hydroxylation sites is 1. The molecule has 2 heterocycles. The molecule has 1 atom stereocenters. The molecule has 1 aliphatic rings. The van der Waals surface area contributed by atoms with Crippen LogP contribution in [-0.4, -0.2) is 36.5 Å². The van der Waals surface area contributed by atoms with Gasteiger partial charge in [0.05, 0.1) is 17.2 Å². The quantitative estimate of drug-likeness (QED) is 0.324. The van der Waals surface area contributed by atoms with Gasteiger partial charge in [-0.2, -0.15) is 0 Å². The van der Waals surface area contributed by atoms with Crippen LogP contribution in [0.25, 0.3) is 0 Å². The SMILES string of the molecule is CCNC(=NCC1CC(=O)Nc2ccccc21)NCCc1csc(C)n1.I. The standard InChI is InChI=1S/C19H25N5OS.HI/c1-3-20-19(21-9-8-15-12-26-13(2)23-15)22-11-14-10-18(25)24-17-7-5-4-6-16(14)17;/h4-7,12,14H,3,8-11H2,1-2H3,(H,24,25)(H2,20,21,22);1H. The summed E-state index contributed by atoms with van der Waals surface area (Å²) in [5, 5.41) is 12.7. The summed E-state index contributed by atoms with van der Waals surface area (Å²) in [5.41, 5.74) is 3.17. The van der Waals surface area contributed by atoms with Gasteiger partial charge in [0.25, 0.3) is 0 Å². The summed E-state index contributed by atoms with van der Waals surface area (Å²) in [6.45, 7) is 6.21. The lowest BCUT2D eigenvalue weighted by atomic mass is 9.91. The summed E-state index contributed by atoms with van der Waals surface area (Å²) in [6, 6.07) is 7.96. The fraction of sp³-hybridized carbons (Fsp3) is 0.421. The Morgan fingerprint density at radius 3 is 2.93 bits per heavy atom. The van der Waals surface area contributed by atoms with Gasteiger partial charge in [0.2, 0.25) is 5.91 Å². The zero-order chi connectivity index (χ0) is 18.4. The number of carbonyl (C=O) groups excluding carboxylic acids is 1. The molecule has 0 saturated carbocycles. The average Bonchev–Trinajstić information content (AvgIpc) is 3.04. The van der Waals surface area contributed by atoms with Crippen LogP contribution in [0.4, 0.5) is 5.69 Å². The van der Waals surface area contributed by atoms with Gasteiger partial charge >= 0.3 is 0 Å². The summed E-state index contributed by atoms with van der Waals surface area (Å²) in [6.07, 6.45) is 1.33. The molecule has 0 bridgehead atoms. The van der Waals surface area contributed by atoms with Crippen molar-refractivity contribution in [2.45, 2.75) is 32.6 Å². The molecule has 27 heavy (non-hydrogen) atoms. The number of thiazole rings is 1. The van der Waals surface area contributed by atoms with Gasteiger partial charge < -0.3 is 16.0 Å². The van der Waals surface area contributed by atoms with Crippen LogP contribution >= 0.6 is 35.3 Å². The maximum atomic E-state index is 11.9. The lowest BCUT2D eigenvalue weighted by molar-refractivity contribution is -0.116. The molecule has 1 aliphatic heterocycles. The van der Waals surface area contributed by atoms with E-state index in [2.05, 4.69) is 32.4 Å². The van der Waals surface area contributed by atoms with E-state index in [4.69, 9.17) is 4.99 Å². The van der Waals surface area contributed by atoms with Crippen LogP contribution < -0.4 is 16.0 Å². The smallest absolute Gasteiger partial charge is 0.225 e. The number of hydrogen-bond donors (Lipinski definition) is 3. The Labute approximate surface area is 181 Å². The fourth-order valence-corrected chi connectivity index (χ4v) is 3.69. The molecule has 0 saturated heterocycles. The predicted octanol–water partition coefficient (Wildman–Crippen LogP) is 3.29. The van der Waals surface area contributed by atoms with E-state index in [1.165, 1.54) is 0 Å². The molecule has 1 aromatic heterocycles. The highest BCUT2D eigenvalue weighted by molar-refractivity contribution is 14.0. The van der Waals surface area contributed by atoms with Crippen molar-refractivity contribution in [2.24, 2.45) is 4.99 Å². The first kappa shape index (κ1) is 21.6. The van der Waals surface area contributed by atoms with Gasteiger partial charge in [-0.25, -0.2) is 4.98 Å². The molecule has 1 aromatic carbocycles. The number of benzene rings is 1. The van der Waals surface area contributed by atoms with Crippen LogP contribution in [0.2, 0.25) is 0 Å². The number of carbonyl (C=O) groups is 1. The summed E-state index contributed by atoms with van der Waals surface area (Å²) in [7, 11) is 0. The number of guanidine groups is 1. The topological polar surface area (TPSA) is 78.4 Å². The van der Waals surface area contributed by atoms with Crippen molar-refractivity contribution >= 4 is 52.9 Å². The van der Waals surface area contributed by atoms with Gasteiger partial charge in [-0.05, 0) is 25.5 Å². The van der Waals surface area contributed by atoms with Crippen LogP contribution in [0.3, 0.4) is 0 Å². The van der Waals surface area contributed by atoms with Gasteiger partial charge in [-0.15, -0.1) is 35.3 Å². The Bertz CT molecular complexity index is 792. The molecular formula is C19H26IN5OS. The number of nitrogens with one attached hydrogen (secondary N) is 3. The molecule has 1 amide bonds. The number of hydrogen-bond acceptors (Lipinski definition) is 4. The Morgan fingerprint density at radius 2 is 2.19 bits per heavy atom. The molecule has 0 fully saturated rings. The second kappa shape index (κ2) is 10.6. The zero-order valence-electron chi connectivity index (χ0n) is 15.6. The average molecular weight is 499 g/mol. The van der Waals surface area contributed by atoms with E-state index in [-0.39, 0.29) is 35.8 Å². The molecule has 3 rings (SSSR count). The number of halogens is 1. The second-order valence-corrected chi connectivity index (χ2v) is 7.35. The van der Waals surface area contributed by atoms with E-state index in [9.17, 15) is 4.79 Å². The molecule has 1 unspecified atom stereocenters. The monoisotopic (exact) mass is 499 g/mol. The lowest BCUT2D eigenvalue weighted by Crippen LogP contribution is -2.39. The summed E-state index contributed by atoms with van der Waals surface area (Å²) in [4.78, 5) is 21.1. The van der Waals surface area contributed by atoms with Crippen LogP contribution in [0, 0.1) is 6.92 Å². The van der Waals surface area contributed by atoms with Gasteiger partial charge in [0.1, 0.15) is 0 Å². The van der Waals surface area contributed by atoms with E-state index in [0.29, 0.717) is 13.0 Å². The Balaban J connectivity index is 0.00000261. The normalized spacial score (nSPS) is 16.1. The van der Waals surface area contributed by atoms with E-state index < -0.39 is 0 Å². The first-order valence-electron chi connectivity index (χ1n) is 8.97. The van der Waals surface area contributed by atoms with Crippen molar-refractivity contribution in [1.29, 1.82) is 0 Å². The predicted molar refractivity (Wildman–Crippen MR) is 122 cm³/mol. The minimum absolute atomic E-state index is 0. The highest BCUT2D eigenvalue weighted by Gasteiger charge is 2.24. The number of nitrogens with zero attached hydrogens (tertiary/aromatic N) is 2. The third-order valence-corrected chi connectivity index (χ3v) is 5.08. The Morgan fingerprint density at radius 1 is 1.37 bits per heavy atom. The van der Waals surface area contributed by atoms with Crippen molar-refractivity contribution in [3.8, 4) is 0 Å². The second-order valence-electron chi connectivity index (χ2n) is 6.29. The third-order valence-electron chi connectivity index (χ3n) is 4.26. The van der Waals surface area contributed by atoms with Crippen LogP contribution in [-0.2, 0) is 11.2 Å². The number of anilines is 1. The molecule has 146 valence electrons. The summed E-state index contributed by atoms with van der Waals surface area (Å²) >= 11 is 1.67. The van der Waals surface area contributed by atoms with Gasteiger partial charge in [-0.3, -0.25) is 9.79 Å². The Hall–Kier alpha value is -1.68. The van der Waals surface area contributed by atoms with E-state index in [1.807, 2.05) is 32.0 Å². The molecule has 2 aromatic rings. The Kier molecular flexibility index (Phi) is 8.49. The number of aryl methyl sites for hydroxylation is 1. The third kappa shape index (κ3) is 6.17. The van der Waals surface area contributed by atoms with E-state index >= 15 is 0 Å². The van der Waals surface area contributed by atoms with Crippen molar-refractivity contribution in [3.63, 3.8) is 0 Å². The van der Waals surface area contributed by atoms with E-state index in [1.54, 1.807) is 11.3 Å². The molecule has 6 nitrogen and oxygen atoms in total. The van der Waals surface area contributed by atoms with Crippen LogP contribution in [0.5, 0.6) is 0 Å². The number of amides is 1. The first-order valence-corrected chi connectivity index (χ1v) is 9.85. The first-order chi connectivity index (χ1) is 12.7. The number of aliphatic imine (C=N–C) groups is 1. The highest BCUT2D eigenvalue weighted by Crippen LogP contribution is 2.31. The minimum Gasteiger partial charge on any atom is -0.357 e. The number of rotatable bonds is 6. The van der Waals surface area contributed by atoms with E-state index in [0.717, 1.165) is 47.4 Å². The highest BCUT2D eigenvalue weighted by atomic mass is 127. The molecular weight excluding hydrogens is 473 g/mol. The maximum absolute atomic E-state index is 11.9. The van der Waals surface area contributed by atoms with Gasteiger partial charge in [0.15, 0.2) is 5.96 Å². The van der Waals surface area contributed by atoms with Crippen molar-refractivity contribution in [2.75, 3.05) is 25.0 Å². The minimum atomic E-state index is 0. The maximum Gasteiger partial charge on any atom is 0.225 e. The van der Waals surface area contributed by atoms with Gasteiger partial charge in [0, 0.05) is 42.9 Å². The zero-order valence-corrected chi connectivity index (χ0v) is 18.8. The van der Waals surface area contributed by atoms with Gasteiger partial charge in [-0.1, -0.05) is 18.2 Å². The molecule has 8 heteroatoms. The van der Waals surface area contributed by atoms with Crippen LogP contribution in [0.15, 0.2) is 34.6 Å². The van der Waals surface area contributed by atoms with Crippen molar-refractivity contribution in [1.82, 2.24) is 15.6 Å².